The molecule has 126 valence electrons. The molecule has 0 aliphatic rings. The van der Waals surface area contributed by atoms with Crippen LogP contribution in [0.3, 0.4) is 0 Å². The van der Waals surface area contributed by atoms with Crippen LogP contribution in [0.25, 0.3) is 0 Å². The number of rotatable bonds is 5. The van der Waals surface area contributed by atoms with Gasteiger partial charge in [-0.3, -0.25) is 4.79 Å². The molecule has 0 aliphatic heterocycles. The molecular weight excluding hydrogens is 302 g/mol. The maximum atomic E-state index is 12.5. The highest BCUT2D eigenvalue weighted by Gasteiger charge is 2.21. The number of carbonyl (C=O) groups excluding carboxylic acids is 2. The molecule has 0 unspecified atom stereocenters. The number of amides is 1. The summed E-state index contributed by atoms with van der Waals surface area (Å²) < 4.78 is 5.25. The first kappa shape index (κ1) is 17.7. The predicted molar refractivity (Wildman–Crippen MR) is 95.3 cm³/mol. The minimum Gasteiger partial charge on any atom is -0.452 e. The van der Waals surface area contributed by atoms with E-state index >= 15 is 0 Å². The van der Waals surface area contributed by atoms with Crippen LogP contribution >= 0.6 is 0 Å². The Morgan fingerprint density at radius 3 is 2.33 bits per heavy atom. The quantitative estimate of drug-likeness (QED) is 0.783. The van der Waals surface area contributed by atoms with Gasteiger partial charge in [0.25, 0.3) is 5.91 Å². The Labute approximate surface area is 143 Å². The summed E-state index contributed by atoms with van der Waals surface area (Å²) >= 11 is 0. The van der Waals surface area contributed by atoms with E-state index < -0.39 is 5.97 Å². The maximum absolute atomic E-state index is 12.5. The highest BCUT2D eigenvalue weighted by atomic mass is 16.5. The zero-order valence-corrected chi connectivity index (χ0v) is 14.6. The van der Waals surface area contributed by atoms with Gasteiger partial charge in [0.15, 0.2) is 6.61 Å². The number of para-hydroxylation sites is 1. The number of anilines is 1. The van der Waals surface area contributed by atoms with Crippen LogP contribution in [-0.4, -0.2) is 24.5 Å². The van der Waals surface area contributed by atoms with Crippen molar-refractivity contribution in [2.24, 2.45) is 0 Å². The van der Waals surface area contributed by atoms with Crippen LogP contribution in [-0.2, 0) is 9.53 Å². The lowest BCUT2D eigenvalue weighted by Gasteiger charge is -2.26. The molecule has 0 aromatic heterocycles. The second kappa shape index (κ2) is 7.77. The molecule has 4 nitrogen and oxygen atoms in total. The summed E-state index contributed by atoms with van der Waals surface area (Å²) in [4.78, 5) is 26.4. The zero-order chi connectivity index (χ0) is 17.7. The van der Waals surface area contributed by atoms with Crippen molar-refractivity contribution in [3.05, 3.63) is 65.2 Å². The zero-order valence-electron chi connectivity index (χ0n) is 14.6. The lowest BCUT2D eigenvalue weighted by molar-refractivity contribution is -0.122. The van der Waals surface area contributed by atoms with Crippen molar-refractivity contribution in [3.63, 3.8) is 0 Å². The van der Waals surface area contributed by atoms with Crippen molar-refractivity contribution in [3.8, 4) is 0 Å². The molecule has 0 aliphatic carbocycles. The minimum atomic E-state index is -0.471. The highest BCUT2D eigenvalue weighted by Crippen LogP contribution is 2.17. The second-order valence-electron chi connectivity index (χ2n) is 6.09. The van der Waals surface area contributed by atoms with E-state index in [0.717, 1.165) is 16.8 Å². The fourth-order valence-corrected chi connectivity index (χ4v) is 2.55. The number of esters is 1. The van der Waals surface area contributed by atoms with Crippen LogP contribution in [0.15, 0.2) is 48.5 Å². The number of nitrogens with zero attached hydrogens (tertiary/aromatic N) is 1. The van der Waals surface area contributed by atoms with E-state index in [1.807, 2.05) is 70.2 Å². The topological polar surface area (TPSA) is 46.6 Å². The Hall–Kier alpha value is -2.62. The lowest BCUT2D eigenvalue weighted by Crippen LogP contribution is -2.39. The van der Waals surface area contributed by atoms with Crippen LogP contribution in [0.4, 0.5) is 5.69 Å². The Bertz CT molecular complexity index is 723. The maximum Gasteiger partial charge on any atom is 0.338 e. The summed E-state index contributed by atoms with van der Waals surface area (Å²) in [7, 11) is 0. The molecule has 0 spiro atoms. The normalized spacial score (nSPS) is 10.5. The molecule has 2 aromatic rings. The second-order valence-corrected chi connectivity index (χ2v) is 6.09. The van der Waals surface area contributed by atoms with Gasteiger partial charge in [0.2, 0.25) is 0 Å². The van der Waals surface area contributed by atoms with Crippen LogP contribution < -0.4 is 4.90 Å². The Morgan fingerprint density at radius 1 is 1.04 bits per heavy atom. The van der Waals surface area contributed by atoms with E-state index in [-0.39, 0.29) is 18.6 Å². The van der Waals surface area contributed by atoms with Crippen molar-refractivity contribution in [2.45, 2.75) is 33.7 Å². The summed E-state index contributed by atoms with van der Waals surface area (Å²) in [5.74, 6) is -0.712. The van der Waals surface area contributed by atoms with Crippen molar-refractivity contribution >= 4 is 17.6 Å². The first-order valence-corrected chi connectivity index (χ1v) is 8.01. The van der Waals surface area contributed by atoms with E-state index in [1.54, 1.807) is 11.0 Å². The van der Waals surface area contributed by atoms with Crippen molar-refractivity contribution in [1.82, 2.24) is 0 Å². The molecule has 0 saturated carbocycles. The van der Waals surface area contributed by atoms with Crippen LogP contribution in [0.5, 0.6) is 0 Å². The van der Waals surface area contributed by atoms with Gasteiger partial charge in [-0.25, -0.2) is 4.79 Å². The van der Waals surface area contributed by atoms with E-state index in [9.17, 15) is 9.59 Å². The summed E-state index contributed by atoms with van der Waals surface area (Å²) in [5.41, 5.74) is 3.10. The van der Waals surface area contributed by atoms with E-state index in [0.29, 0.717) is 5.56 Å². The summed E-state index contributed by atoms with van der Waals surface area (Å²) in [5, 5.41) is 0. The number of benzene rings is 2. The molecule has 0 saturated heterocycles. The molecule has 24 heavy (non-hydrogen) atoms. The van der Waals surface area contributed by atoms with Crippen molar-refractivity contribution in [1.29, 1.82) is 0 Å². The van der Waals surface area contributed by atoms with Crippen molar-refractivity contribution in [2.75, 3.05) is 11.5 Å². The highest BCUT2D eigenvalue weighted by molar-refractivity contribution is 5.97. The molecular formula is C20H23NO3. The summed E-state index contributed by atoms with van der Waals surface area (Å²) in [6, 6.07) is 14.9. The molecule has 0 atom stereocenters. The number of carbonyl (C=O) groups is 2. The number of hydrogen-bond acceptors (Lipinski definition) is 3. The fourth-order valence-electron chi connectivity index (χ4n) is 2.55. The van der Waals surface area contributed by atoms with Crippen LogP contribution in [0, 0.1) is 13.8 Å². The third-order valence-corrected chi connectivity index (χ3v) is 3.76. The Kier molecular flexibility index (Phi) is 5.74. The van der Waals surface area contributed by atoms with Gasteiger partial charge in [0, 0.05) is 11.7 Å². The number of aryl methyl sites for hydroxylation is 2. The average molecular weight is 325 g/mol. The fraction of sp³-hybridized carbons (Fsp3) is 0.300. The van der Waals surface area contributed by atoms with Crippen LogP contribution in [0.1, 0.15) is 35.3 Å². The third-order valence-electron chi connectivity index (χ3n) is 3.76. The predicted octanol–water partition coefficient (Wildman–Crippen LogP) is 3.90. The van der Waals surface area contributed by atoms with Crippen LogP contribution in [0.2, 0.25) is 0 Å². The molecule has 2 rings (SSSR count). The SMILES string of the molecule is Cc1ccc(C)c(C(=O)OCC(=O)N(c2ccccc2)C(C)C)c1. The lowest BCUT2D eigenvalue weighted by atomic mass is 10.1. The molecule has 4 heteroatoms. The Morgan fingerprint density at radius 2 is 1.71 bits per heavy atom. The van der Waals surface area contributed by atoms with Gasteiger partial charge in [-0.2, -0.15) is 0 Å². The van der Waals surface area contributed by atoms with Gasteiger partial charge in [0.1, 0.15) is 0 Å². The molecule has 2 aromatic carbocycles. The van der Waals surface area contributed by atoms with Gasteiger partial charge in [-0.1, -0.05) is 35.9 Å². The average Bonchev–Trinajstić information content (AvgIpc) is 2.55. The van der Waals surface area contributed by atoms with Gasteiger partial charge in [-0.15, -0.1) is 0 Å². The molecule has 0 N–H and O–H groups in total. The summed E-state index contributed by atoms with van der Waals surface area (Å²) in [6.07, 6.45) is 0. The van der Waals surface area contributed by atoms with E-state index in [2.05, 4.69) is 0 Å². The molecule has 1 amide bonds. The number of ether oxygens (including phenoxy) is 1. The molecule has 0 fully saturated rings. The third kappa shape index (κ3) is 4.22. The van der Waals surface area contributed by atoms with Gasteiger partial charge >= 0.3 is 5.97 Å². The molecule has 0 bridgehead atoms. The first-order chi connectivity index (χ1) is 11.4. The number of hydrogen-bond donors (Lipinski definition) is 0. The first-order valence-electron chi connectivity index (χ1n) is 8.01. The Balaban J connectivity index is 2.08. The van der Waals surface area contributed by atoms with Gasteiger partial charge < -0.3 is 9.64 Å². The van der Waals surface area contributed by atoms with E-state index in [1.165, 1.54) is 0 Å². The minimum absolute atomic E-state index is 0.0284. The smallest absolute Gasteiger partial charge is 0.338 e. The van der Waals surface area contributed by atoms with Gasteiger partial charge in [-0.05, 0) is 51.5 Å². The largest absolute Gasteiger partial charge is 0.452 e. The van der Waals surface area contributed by atoms with Gasteiger partial charge in [0.05, 0.1) is 5.56 Å². The summed E-state index contributed by atoms with van der Waals surface area (Å²) in [6.45, 7) is 7.34. The standard InChI is InChI=1S/C20H23NO3/c1-14(2)21(17-8-6-5-7-9-17)19(22)13-24-20(23)18-12-15(3)10-11-16(18)4/h5-12,14H,13H2,1-4H3. The molecule has 0 radical (unpaired) electrons. The monoisotopic (exact) mass is 325 g/mol. The molecule has 0 heterocycles. The van der Waals surface area contributed by atoms with E-state index in [4.69, 9.17) is 4.74 Å². The van der Waals surface area contributed by atoms with Crippen molar-refractivity contribution < 1.29 is 14.3 Å².